The summed E-state index contributed by atoms with van der Waals surface area (Å²) < 4.78 is 25.9. The molecule has 0 saturated carbocycles. The first-order chi connectivity index (χ1) is 14.1. The van der Waals surface area contributed by atoms with Gasteiger partial charge in [-0.1, -0.05) is 57.2 Å². The summed E-state index contributed by atoms with van der Waals surface area (Å²) >= 11 is 0. The van der Waals surface area contributed by atoms with Crippen LogP contribution < -0.4 is 9.62 Å². The topological polar surface area (TPSA) is 66.5 Å². The van der Waals surface area contributed by atoms with Gasteiger partial charge in [0.2, 0.25) is 15.9 Å². The number of anilines is 1. The number of carbonyl (C=O) groups is 1. The second kappa shape index (κ2) is 10.6. The Bertz CT molecular complexity index is 920. The lowest BCUT2D eigenvalue weighted by Crippen LogP contribution is -2.48. The van der Waals surface area contributed by atoms with E-state index in [0.717, 1.165) is 31.1 Å². The van der Waals surface area contributed by atoms with Gasteiger partial charge < -0.3 is 5.32 Å². The van der Waals surface area contributed by atoms with Crippen LogP contribution in [0.2, 0.25) is 0 Å². The van der Waals surface area contributed by atoms with Crippen molar-refractivity contribution in [2.45, 2.75) is 58.9 Å². The Kier molecular flexibility index (Phi) is 8.47. The maximum absolute atomic E-state index is 12.6. The Labute approximate surface area is 181 Å². The van der Waals surface area contributed by atoms with Gasteiger partial charge in [0.1, 0.15) is 6.04 Å². The summed E-state index contributed by atoms with van der Waals surface area (Å²) in [5, 5.41) is 2.88. The molecule has 2 aromatic carbocycles. The predicted octanol–water partition coefficient (Wildman–Crippen LogP) is 4.28. The van der Waals surface area contributed by atoms with Crippen LogP contribution in [0.25, 0.3) is 0 Å². The second-order valence-corrected chi connectivity index (χ2v) is 9.91. The number of benzene rings is 2. The molecule has 164 valence electrons. The fraction of sp³-hybridized carbons (Fsp3) is 0.458. The summed E-state index contributed by atoms with van der Waals surface area (Å²) in [5.74, 6) is 0.214. The normalized spacial score (nSPS) is 12.6. The average molecular weight is 431 g/mol. The maximum atomic E-state index is 12.6. The van der Waals surface area contributed by atoms with Gasteiger partial charge in [0.05, 0.1) is 11.9 Å². The number of amides is 1. The summed E-state index contributed by atoms with van der Waals surface area (Å²) in [5.41, 5.74) is 4.16. The van der Waals surface area contributed by atoms with Crippen molar-refractivity contribution in [3.05, 3.63) is 65.2 Å². The molecule has 0 radical (unpaired) electrons. The fourth-order valence-electron chi connectivity index (χ4n) is 3.41. The first-order valence-electron chi connectivity index (χ1n) is 10.6. The van der Waals surface area contributed by atoms with E-state index in [9.17, 15) is 13.2 Å². The van der Waals surface area contributed by atoms with Gasteiger partial charge in [-0.25, -0.2) is 8.42 Å². The SMILES string of the molecule is CCc1ccc(N([C@@H](C)C(=O)NCCCc2ccc(C(C)C)cc2)S(C)(=O)=O)cc1. The number of rotatable bonds is 10. The highest BCUT2D eigenvalue weighted by atomic mass is 32.2. The van der Waals surface area contributed by atoms with E-state index in [0.29, 0.717) is 18.2 Å². The molecule has 0 aliphatic heterocycles. The van der Waals surface area contributed by atoms with Gasteiger partial charge in [-0.05, 0) is 60.9 Å². The van der Waals surface area contributed by atoms with E-state index in [-0.39, 0.29) is 5.91 Å². The van der Waals surface area contributed by atoms with Crippen molar-refractivity contribution in [2.75, 3.05) is 17.1 Å². The molecular weight excluding hydrogens is 396 g/mol. The van der Waals surface area contributed by atoms with Gasteiger partial charge >= 0.3 is 0 Å². The van der Waals surface area contributed by atoms with Gasteiger partial charge in [0.15, 0.2) is 0 Å². The number of carbonyl (C=O) groups excluding carboxylic acids is 1. The predicted molar refractivity (Wildman–Crippen MR) is 124 cm³/mol. The van der Waals surface area contributed by atoms with Crippen molar-refractivity contribution in [3.8, 4) is 0 Å². The number of sulfonamides is 1. The number of nitrogens with one attached hydrogen (secondary N) is 1. The molecule has 0 unspecified atom stereocenters. The molecule has 6 heteroatoms. The third kappa shape index (κ3) is 6.59. The molecule has 0 aliphatic rings. The Balaban J connectivity index is 1.94. The zero-order valence-electron chi connectivity index (χ0n) is 18.7. The second-order valence-electron chi connectivity index (χ2n) is 8.05. The number of hydrogen-bond donors (Lipinski definition) is 1. The number of hydrogen-bond acceptors (Lipinski definition) is 3. The van der Waals surface area contributed by atoms with Crippen molar-refractivity contribution >= 4 is 21.6 Å². The molecule has 2 aromatic rings. The van der Waals surface area contributed by atoms with E-state index >= 15 is 0 Å². The molecule has 1 atom stereocenters. The quantitative estimate of drug-likeness (QED) is 0.572. The van der Waals surface area contributed by atoms with Crippen molar-refractivity contribution in [3.63, 3.8) is 0 Å². The van der Waals surface area contributed by atoms with Crippen LogP contribution in [0.3, 0.4) is 0 Å². The lowest BCUT2D eigenvalue weighted by atomic mass is 10.0. The molecule has 0 bridgehead atoms. The van der Waals surface area contributed by atoms with Crippen molar-refractivity contribution in [1.82, 2.24) is 5.32 Å². The van der Waals surface area contributed by atoms with E-state index < -0.39 is 16.1 Å². The standard InChI is InChI=1S/C24H34N2O3S/c1-6-20-11-15-23(16-12-20)26(30(5,28)29)19(4)24(27)25-17-7-8-21-9-13-22(14-10-21)18(2)3/h9-16,18-19H,6-8,17H2,1-5H3,(H,25,27)/t19-/m0/s1. The van der Waals surface area contributed by atoms with E-state index in [1.165, 1.54) is 15.4 Å². The van der Waals surface area contributed by atoms with Gasteiger partial charge in [0.25, 0.3) is 0 Å². The van der Waals surface area contributed by atoms with E-state index in [1.54, 1.807) is 19.1 Å². The molecule has 1 amide bonds. The molecule has 0 spiro atoms. The third-order valence-electron chi connectivity index (χ3n) is 5.28. The molecule has 0 aromatic heterocycles. The van der Waals surface area contributed by atoms with Crippen LogP contribution in [0.15, 0.2) is 48.5 Å². The van der Waals surface area contributed by atoms with Crippen molar-refractivity contribution in [2.24, 2.45) is 0 Å². The molecule has 30 heavy (non-hydrogen) atoms. The highest BCUT2D eigenvalue weighted by molar-refractivity contribution is 7.92. The lowest BCUT2D eigenvalue weighted by Gasteiger charge is -2.28. The smallest absolute Gasteiger partial charge is 0.243 e. The molecule has 2 rings (SSSR count). The van der Waals surface area contributed by atoms with Crippen molar-refractivity contribution < 1.29 is 13.2 Å². The lowest BCUT2D eigenvalue weighted by molar-refractivity contribution is -0.121. The Hall–Kier alpha value is -2.34. The van der Waals surface area contributed by atoms with E-state index in [1.807, 2.05) is 19.1 Å². The summed E-state index contributed by atoms with van der Waals surface area (Å²) in [7, 11) is -3.59. The fourth-order valence-corrected chi connectivity index (χ4v) is 4.58. The molecule has 0 saturated heterocycles. The maximum Gasteiger partial charge on any atom is 0.243 e. The van der Waals surface area contributed by atoms with E-state index in [4.69, 9.17) is 0 Å². The van der Waals surface area contributed by atoms with Crippen LogP contribution in [0, 0.1) is 0 Å². The molecule has 0 aliphatic carbocycles. The average Bonchev–Trinajstić information content (AvgIpc) is 2.71. The first-order valence-corrected chi connectivity index (χ1v) is 12.4. The number of nitrogens with zero attached hydrogens (tertiary/aromatic N) is 1. The summed E-state index contributed by atoms with van der Waals surface area (Å²) in [6.07, 6.45) is 3.66. The van der Waals surface area contributed by atoms with Gasteiger partial charge in [-0.3, -0.25) is 9.10 Å². The van der Waals surface area contributed by atoms with Crippen molar-refractivity contribution in [1.29, 1.82) is 0 Å². The largest absolute Gasteiger partial charge is 0.354 e. The minimum absolute atomic E-state index is 0.296. The van der Waals surface area contributed by atoms with Crippen LogP contribution in [0.4, 0.5) is 5.69 Å². The number of aryl methyl sites for hydroxylation is 2. The Morgan fingerprint density at radius 3 is 2.03 bits per heavy atom. The zero-order valence-corrected chi connectivity index (χ0v) is 19.5. The van der Waals surface area contributed by atoms with Crippen LogP contribution >= 0.6 is 0 Å². The van der Waals surface area contributed by atoms with Gasteiger partial charge in [-0.15, -0.1) is 0 Å². The summed E-state index contributed by atoms with van der Waals surface area (Å²) in [6.45, 7) is 8.50. The monoisotopic (exact) mass is 430 g/mol. The molecule has 0 heterocycles. The molecule has 0 fully saturated rings. The van der Waals surface area contributed by atoms with Crippen LogP contribution in [-0.4, -0.2) is 33.2 Å². The Morgan fingerprint density at radius 1 is 0.967 bits per heavy atom. The third-order valence-corrected chi connectivity index (χ3v) is 6.52. The highest BCUT2D eigenvalue weighted by Gasteiger charge is 2.28. The molecular formula is C24H34N2O3S. The highest BCUT2D eigenvalue weighted by Crippen LogP contribution is 2.22. The minimum Gasteiger partial charge on any atom is -0.354 e. The van der Waals surface area contributed by atoms with Crippen LogP contribution in [-0.2, 0) is 27.7 Å². The van der Waals surface area contributed by atoms with Gasteiger partial charge in [-0.2, -0.15) is 0 Å². The van der Waals surface area contributed by atoms with E-state index in [2.05, 4.69) is 43.4 Å². The van der Waals surface area contributed by atoms with Crippen LogP contribution in [0.5, 0.6) is 0 Å². The van der Waals surface area contributed by atoms with Gasteiger partial charge in [0, 0.05) is 6.54 Å². The molecule has 5 nitrogen and oxygen atoms in total. The zero-order chi connectivity index (χ0) is 22.3. The summed E-state index contributed by atoms with van der Waals surface area (Å²) in [4.78, 5) is 12.6. The first kappa shape index (κ1) is 23.9. The van der Waals surface area contributed by atoms with Crippen LogP contribution in [0.1, 0.15) is 56.7 Å². The Morgan fingerprint density at radius 2 is 1.53 bits per heavy atom. The minimum atomic E-state index is -3.59. The molecule has 1 N–H and O–H groups in total. The summed E-state index contributed by atoms with van der Waals surface area (Å²) in [6, 6.07) is 15.0.